The molecule has 2 aliphatic rings. The van der Waals surface area contributed by atoms with Gasteiger partial charge in [-0.15, -0.1) is 0 Å². The van der Waals surface area contributed by atoms with Gasteiger partial charge in [-0.25, -0.2) is 17.8 Å². The molecule has 0 aliphatic heterocycles. The van der Waals surface area contributed by atoms with Crippen LogP contribution in [0.5, 0.6) is 0 Å². The molecule has 7 heteroatoms. The average Bonchev–Trinajstić information content (AvgIpc) is 2.99. The van der Waals surface area contributed by atoms with Crippen molar-refractivity contribution in [2.24, 2.45) is 7.05 Å². The average molecular weight is 430 g/mol. The summed E-state index contributed by atoms with van der Waals surface area (Å²) in [5, 5.41) is 4.53. The van der Waals surface area contributed by atoms with Crippen LogP contribution in [-0.4, -0.2) is 24.2 Å². The van der Waals surface area contributed by atoms with Crippen molar-refractivity contribution in [2.45, 2.75) is 82.1 Å². The summed E-state index contributed by atoms with van der Waals surface area (Å²) in [6.07, 6.45) is 9.89. The van der Waals surface area contributed by atoms with E-state index < -0.39 is 10.0 Å². The highest BCUT2D eigenvalue weighted by molar-refractivity contribution is 7.89. The Bertz CT molecular complexity index is 1100. The fourth-order valence-corrected chi connectivity index (χ4v) is 6.38. The first-order chi connectivity index (χ1) is 14.4. The van der Waals surface area contributed by atoms with Crippen molar-refractivity contribution in [2.75, 3.05) is 0 Å². The van der Waals surface area contributed by atoms with E-state index in [4.69, 9.17) is 0 Å². The van der Waals surface area contributed by atoms with Gasteiger partial charge in [0.25, 0.3) is 5.56 Å². The zero-order valence-corrected chi connectivity index (χ0v) is 18.7. The van der Waals surface area contributed by atoms with Gasteiger partial charge in [-0.1, -0.05) is 37.8 Å². The Balaban J connectivity index is 1.74. The number of sulfonamides is 1. The summed E-state index contributed by atoms with van der Waals surface area (Å²) in [4.78, 5) is 12.8. The Hall–Kier alpha value is -1.99. The zero-order chi connectivity index (χ0) is 21.3. The topological polar surface area (TPSA) is 81.1 Å². The van der Waals surface area contributed by atoms with Crippen molar-refractivity contribution in [3.63, 3.8) is 0 Å². The number of fused-ring (bicyclic) bond motifs is 1. The van der Waals surface area contributed by atoms with Crippen LogP contribution < -0.4 is 10.3 Å². The van der Waals surface area contributed by atoms with Gasteiger partial charge in [0.05, 0.1) is 10.6 Å². The molecule has 0 amide bonds. The molecule has 30 heavy (non-hydrogen) atoms. The smallest absolute Gasteiger partial charge is 0.268 e. The lowest BCUT2D eigenvalue weighted by Gasteiger charge is -2.20. The largest absolute Gasteiger partial charge is 0.269 e. The Morgan fingerprint density at radius 2 is 1.67 bits per heavy atom. The maximum Gasteiger partial charge on any atom is 0.269 e. The van der Waals surface area contributed by atoms with E-state index in [9.17, 15) is 13.2 Å². The fourth-order valence-electron chi connectivity index (χ4n) is 4.80. The van der Waals surface area contributed by atoms with Crippen molar-refractivity contribution < 1.29 is 8.42 Å². The maximum atomic E-state index is 13.2. The van der Waals surface area contributed by atoms with Crippen molar-refractivity contribution in [1.82, 2.24) is 14.5 Å². The molecule has 1 N–H and O–H groups in total. The van der Waals surface area contributed by atoms with Crippen LogP contribution in [0, 0.1) is 6.92 Å². The third kappa shape index (κ3) is 4.23. The minimum atomic E-state index is -3.62. The lowest BCUT2D eigenvalue weighted by atomic mass is 9.89. The highest BCUT2D eigenvalue weighted by Gasteiger charge is 2.25. The molecule has 0 bridgehead atoms. The lowest BCUT2D eigenvalue weighted by molar-refractivity contribution is 0.509. The molecule has 0 saturated heterocycles. The Labute approximate surface area is 178 Å². The van der Waals surface area contributed by atoms with Gasteiger partial charge in [0, 0.05) is 24.2 Å². The van der Waals surface area contributed by atoms with Gasteiger partial charge in [0.2, 0.25) is 10.0 Å². The van der Waals surface area contributed by atoms with Gasteiger partial charge in [-0.3, -0.25) is 4.79 Å². The second-order valence-electron chi connectivity index (χ2n) is 8.73. The first-order valence-electron chi connectivity index (χ1n) is 11.1. The molecule has 2 aliphatic carbocycles. The third-order valence-electron chi connectivity index (χ3n) is 6.48. The van der Waals surface area contributed by atoms with Crippen molar-refractivity contribution in [3.8, 4) is 11.3 Å². The van der Waals surface area contributed by atoms with E-state index in [-0.39, 0.29) is 11.6 Å². The second-order valence-corrected chi connectivity index (χ2v) is 10.4. The third-order valence-corrected chi connectivity index (χ3v) is 8.15. The van der Waals surface area contributed by atoms with E-state index in [1.165, 1.54) is 17.5 Å². The summed E-state index contributed by atoms with van der Waals surface area (Å²) in [6, 6.07) is 5.50. The van der Waals surface area contributed by atoms with Gasteiger partial charge in [-0.2, -0.15) is 5.10 Å². The van der Waals surface area contributed by atoms with Crippen LogP contribution in [0.25, 0.3) is 11.3 Å². The normalized spacial score (nSPS) is 18.1. The second kappa shape index (κ2) is 8.63. The molecule has 4 rings (SSSR count). The Morgan fingerprint density at radius 3 is 2.37 bits per heavy atom. The molecule has 1 saturated carbocycles. The molecule has 0 spiro atoms. The number of aryl methyl sites for hydroxylation is 2. The number of rotatable bonds is 4. The molecule has 0 unspecified atom stereocenters. The van der Waals surface area contributed by atoms with Crippen molar-refractivity contribution in [1.29, 1.82) is 0 Å². The van der Waals surface area contributed by atoms with Crippen LogP contribution in [0.4, 0.5) is 0 Å². The van der Waals surface area contributed by atoms with Gasteiger partial charge in [-0.05, 0) is 62.6 Å². The lowest BCUT2D eigenvalue weighted by Crippen LogP contribution is -2.34. The summed E-state index contributed by atoms with van der Waals surface area (Å²) in [7, 11) is -1.96. The molecular formula is C23H31N3O3S. The maximum absolute atomic E-state index is 13.2. The minimum absolute atomic E-state index is 0.00369. The minimum Gasteiger partial charge on any atom is -0.268 e. The summed E-state index contributed by atoms with van der Waals surface area (Å²) >= 11 is 0. The number of hydrogen-bond acceptors (Lipinski definition) is 4. The van der Waals surface area contributed by atoms with Crippen LogP contribution in [0.1, 0.15) is 68.1 Å². The molecule has 1 aromatic heterocycles. The number of nitrogens with zero attached hydrogens (tertiary/aromatic N) is 2. The van der Waals surface area contributed by atoms with Gasteiger partial charge in [0.1, 0.15) is 0 Å². The van der Waals surface area contributed by atoms with Crippen LogP contribution in [0.15, 0.2) is 27.9 Å². The van der Waals surface area contributed by atoms with E-state index in [1.807, 2.05) is 19.1 Å². The van der Waals surface area contributed by atoms with Gasteiger partial charge < -0.3 is 0 Å². The van der Waals surface area contributed by atoms with Crippen LogP contribution in [0.2, 0.25) is 0 Å². The number of aromatic nitrogens is 2. The van der Waals surface area contributed by atoms with E-state index in [0.29, 0.717) is 4.90 Å². The molecule has 1 fully saturated rings. The number of benzene rings is 1. The Morgan fingerprint density at radius 1 is 1.00 bits per heavy atom. The van der Waals surface area contributed by atoms with Gasteiger partial charge in [0.15, 0.2) is 0 Å². The van der Waals surface area contributed by atoms with Crippen LogP contribution in [0.3, 0.4) is 0 Å². The summed E-state index contributed by atoms with van der Waals surface area (Å²) in [5.74, 6) is 0. The SMILES string of the molecule is Cc1ccc(-c2nn(C)c(=O)c3c2CCCC3)cc1S(=O)(=O)NC1CCCCCC1. The molecule has 2 aromatic rings. The first-order valence-corrected chi connectivity index (χ1v) is 12.6. The van der Waals surface area contributed by atoms with E-state index in [0.717, 1.165) is 79.3 Å². The highest BCUT2D eigenvalue weighted by Crippen LogP contribution is 2.31. The summed E-state index contributed by atoms with van der Waals surface area (Å²) in [6.45, 7) is 1.83. The van der Waals surface area contributed by atoms with E-state index in [2.05, 4.69) is 9.82 Å². The van der Waals surface area contributed by atoms with Crippen molar-refractivity contribution in [3.05, 3.63) is 45.2 Å². The standard InChI is InChI=1S/C23H31N3O3S/c1-16-13-14-17(22-19-11-7-8-12-20(19)23(27)26(2)24-22)15-21(16)30(28,29)25-18-9-5-3-4-6-10-18/h13-15,18,25H,3-12H2,1-2H3. The van der Waals surface area contributed by atoms with E-state index >= 15 is 0 Å². The number of nitrogens with one attached hydrogen (secondary N) is 1. The summed E-state index contributed by atoms with van der Waals surface area (Å²) < 4.78 is 30.8. The monoisotopic (exact) mass is 429 g/mol. The van der Waals surface area contributed by atoms with Gasteiger partial charge >= 0.3 is 0 Å². The van der Waals surface area contributed by atoms with Crippen LogP contribution >= 0.6 is 0 Å². The van der Waals surface area contributed by atoms with E-state index in [1.54, 1.807) is 13.1 Å². The predicted octanol–water partition coefficient (Wildman–Crippen LogP) is 3.64. The fraction of sp³-hybridized carbons (Fsp3) is 0.565. The molecule has 6 nitrogen and oxygen atoms in total. The predicted molar refractivity (Wildman–Crippen MR) is 118 cm³/mol. The molecule has 1 aromatic carbocycles. The molecule has 1 heterocycles. The first kappa shape index (κ1) is 21.2. The van der Waals surface area contributed by atoms with Crippen LogP contribution in [-0.2, 0) is 29.9 Å². The molecule has 162 valence electrons. The van der Waals surface area contributed by atoms with Crippen molar-refractivity contribution >= 4 is 10.0 Å². The molecular weight excluding hydrogens is 398 g/mol. The summed E-state index contributed by atoms with van der Waals surface area (Å²) in [5.41, 5.74) is 3.99. The molecule has 0 radical (unpaired) electrons. The quantitative estimate of drug-likeness (QED) is 0.753. The number of hydrogen-bond donors (Lipinski definition) is 1. The highest BCUT2D eigenvalue weighted by atomic mass is 32.2. The zero-order valence-electron chi connectivity index (χ0n) is 17.9. The molecule has 0 atom stereocenters. The Kier molecular flexibility index (Phi) is 6.11.